The number of carbonyl (C=O) groups excluding carboxylic acids is 7. The first kappa shape index (κ1) is 34.4. The fourth-order valence-electron chi connectivity index (χ4n) is 3.28. The van der Waals surface area contributed by atoms with Gasteiger partial charge in [-0.3, -0.25) is 24.0 Å². The molecule has 0 saturated carbocycles. The van der Waals surface area contributed by atoms with Crippen LogP contribution in [-0.4, -0.2) is 61.5 Å². The van der Waals surface area contributed by atoms with E-state index < -0.39 is 54.4 Å². The number of hydrogen-bond acceptors (Lipinski definition) is 13. The summed E-state index contributed by atoms with van der Waals surface area (Å²) >= 11 is 0. The minimum atomic E-state index is -1.36. The van der Waals surface area contributed by atoms with Gasteiger partial charge in [-0.15, -0.1) is 0 Å². The van der Waals surface area contributed by atoms with E-state index in [-0.39, 0.29) is 23.0 Å². The molecule has 14 nitrogen and oxygen atoms in total. The highest BCUT2D eigenvalue weighted by Gasteiger charge is 2.22. The molecular weight excluding hydrogens is 582 g/mol. The zero-order chi connectivity index (χ0) is 32.8. The summed E-state index contributed by atoms with van der Waals surface area (Å²) in [5, 5.41) is 2.35. The Labute approximate surface area is 251 Å². The Kier molecular flexibility index (Phi) is 13.0. The summed E-state index contributed by atoms with van der Waals surface area (Å²) in [5.41, 5.74) is 0.769. The van der Waals surface area contributed by atoms with E-state index in [1.165, 1.54) is 62.4 Å². The Morgan fingerprint density at radius 2 is 1.09 bits per heavy atom. The average Bonchev–Trinajstić information content (AvgIpc) is 2.93. The van der Waals surface area contributed by atoms with Crippen LogP contribution in [0.15, 0.2) is 48.6 Å². The number of amides is 1. The van der Waals surface area contributed by atoms with Crippen molar-refractivity contribution in [2.45, 2.75) is 33.7 Å². The van der Waals surface area contributed by atoms with Gasteiger partial charge in [0.05, 0.1) is 7.11 Å². The smallest absolute Gasteiger partial charge is 0.331 e. The molecule has 0 heterocycles. The van der Waals surface area contributed by atoms with E-state index in [2.05, 4.69) is 10.1 Å². The van der Waals surface area contributed by atoms with E-state index in [1.807, 2.05) is 0 Å². The van der Waals surface area contributed by atoms with Crippen LogP contribution in [0, 0.1) is 0 Å². The van der Waals surface area contributed by atoms with Crippen LogP contribution < -0.4 is 24.3 Å². The second-order valence-corrected chi connectivity index (χ2v) is 8.67. The highest BCUT2D eigenvalue weighted by molar-refractivity contribution is 5.95. The summed E-state index contributed by atoms with van der Waals surface area (Å²) in [6.45, 7) is 4.10. The monoisotopic (exact) mass is 611 g/mol. The molecule has 1 atom stereocenters. The molecule has 0 spiro atoms. The van der Waals surface area contributed by atoms with Crippen molar-refractivity contribution < 1.29 is 62.0 Å². The van der Waals surface area contributed by atoms with Gasteiger partial charge >= 0.3 is 35.8 Å². The molecule has 232 valence electrons. The number of carbonyl (C=O) groups is 7. The lowest BCUT2D eigenvalue weighted by atomic mass is 10.2. The molecule has 0 aliphatic carbocycles. The Bertz CT molecular complexity index is 1510. The molecule has 0 aromatic heterocycles. The Balaban J connectivity index is 2.07. The third kappa shape index (κ3) is 12.0. The molecule has 44 heavy (non-hydrogen) atoms. The first-order chi connectivity index (χ1) is 20.8. The van der Waals surface area contributed by atoms with E-state index in [0.717, 1.165) is 33.1 Å². The summed E-state index contributed by atoms with van der Waals surface area (Å²) in [7, 11) is 1.08. The highest BCUT2D eigenvalue weighted by Crippen LogP contribution is 2.30. The SMILES string of the molecule is COC(=O)C(COC(=O)/C=C/c1ccc(OC(C)=O)c(OC(C)=O)c1)NC(=O)/C=C/c1ccc(OC(C)=O)c(OC(C)=O)c1. The number of ether oxygens (including phenoxy) is 6. The van der Waals surface area contributed by atoms with Crippen LogP contribution in [0.2, 0.25) is 0 Å². The third-order valence-corrected chi connectivity index (χ3v) is 4.98. The maximum absolute atomic E-state index is 12.5. The van der Waals surface area contributed by atoms with Gasteiger partial charge in [0, 0.05) is 39.8 Å². The molecule has 0 aliphatic heterocycles. The summed E-state index contributed by atoms with van der Waals surface area (Å²) < 4.78 is 29.8. The lowest BCUT2D eigenvalue weighted by Gasteiger charge is -2.15. The average molecular weight is 612 g/mol. The number of hydrogen-bond donors (Lipinski definition) is 1. The van der Waals surface area contributed by atoms with Crippen LogP contribution in [0.4, 0.5) is 0 Å². The molecule has 0 saturated heterocycles. The van der Waals surface area contributed by atoms with E-state index in [4.69, 9.17) is 23.7 Å². The number of esters is 6. The molecule has 2 aromatic carbocycles. The van der Waals surface area contributed by atoms with Crippen molar-refractivity contribution in [2.75, 3.05) is 13.7 Å². The number of benzene rings is 2. The number of methoxy groups -OCH3 is 1. The minimum Gasteiger partial charge on any atom is -0.467 e. The molecule has 1 unspecified atom stereocenters. The number of rotatable bonds is 12. The molecule has 0 radical (unpaired) electrons. The Hall–Kier alpha value is -5.79. The molecule has 2 rings (SSSR count). The molecular formula is C30H29NO13. The van der Waals surface area contributed by atoms with E-state index in [1.54, 1.807) is 0 Å². The van der Waals surface area contributed by atoms with Gasteiger partial charge in [0.2, 0.25) is 5.91 Å². The molecule has 2 aromatic rings. The van der Waals surface area contributed by atoms with Gasteiger partial charge in [0.25, 0.3) is 0 Å². The second-order valence-electron chi connectivity index (χ2n) is 8.67. The van der Waals surface area contributed by atoms with Crippen LogP contribution in [0.1, 0.15) is 38.8 Å². The van der Waals surface area contributed by atoms with E-state index >= 15 is 0 Å². The van der Waals surface area contributed by atoms with Gasteiger partial charge in [-0.1, -0.05) is 12.1 Å². The standard InChI is InChI=1S/C30H29NO13/c1-17(32)41-24-10-6-21(14-26(24)43-19(3)34)8-12-28(36)31-23(30(38)39-5)16-40-29(37)13-9-22-7-11-25(42-18(2)33)27(15-22)44-20(4)35/h6-15,23H,16H2,1-5H3,(H,31,36)/b12-8+,13-9+. The van der Waals surface area contributed by atoms with Crippen molar-refractivity contribution in [1.82, 2.24) is 5.32 Å². The fourth-order valence-corrected chi connectivity index (χ4v) is 3.28. The predicted octanol–water partition coefficient (Wildman–Crippen LogP) is 2.32. The zero-order valence-corrected chi connectivity index (χ0v) is 24.4. The van der Waals surface area contributed by atoms with E-state index in [0.29, 0.717) is 11.1 Å². The van der Waals surface area contributed by atoms with Crippen molar-refractivity contribution in [3.8, 4) is 23.0 Å². The Morgan fingerprint density at radius 1 is 0.659 bits per heavy atom. The topological polar surface area (TPSA) is 187 Å². The molecule has 0 bridgehead atoms. The third-order valence-electron chi connectivity index (χ3n) is 4.98. The van der Waals surface area contributed by atoms with Crippen LogP contribution in [0.3, 0.4) is 0 Å². The maximum atomic E-state index is 12.5. The predicted molar refractivity (Wildman–Crippen MR) is 151 cm³/mol. The summed E-state index contributed by atoms with van der Waals surface area (Å²) in [5.74, 6) is -5.20. The van der Waals surface area contributed by atoms with Crippen molar-refractivity contribution in [3.05, 3.63) is 59.7 Å². The lowest BCUT2D eigenvalue weighted by molar-refractivity contribution is -0.149. The van der Waals surface area contributed by atoms with Gasteiger partial charge in [0.15, 0.2) is 29.0 Å². The fraction of sp³-hybridized carbons (Fsp3) is 0.233. The van der Waals surface area contributed by atoms with Gasteiger partial charge < -0.3 is 33.7 Å². The molecule has 0 aliphatic rings. The van der Waals surface area contributed by atoms with Crippen molar-refractivity contribution in [3.63, 3.8) is 0 Å². The van der Waals surface area contributed by atoms with Crippen LogP contribution >= 0.6 is 0 Å². The van der Waals surface area contributed by atoms with Gasteiger partial charge in [-0.2, -0.15) is 0 Å². The summed E-state index contributed by atoms with van der Waals surface area (Å²) in [6, 6.07) is 7.05. The first-order valence-electron chi connectivity index (χ1n) is 12.7. The van der Waals surface area contributed by atoms with Crippen molar-refractivity contribution in [1.29, 1.82) is 0 Å². The van der Waals surface area contributed by atoms with Crippen LogP contribution in [-0.2, 0) is 43.0 Å². The minimum absolute atomic E-state index is 0.000213. The van der Waals surface area contributed by atoms with Crippen LogP contribution in [0.25, 0.3) is 12.2 Å². The molecule has 1 N–H and O–H groups in total. The largest absolute Gasteiger partial charge is 0.467 e. The summed E-state index contributed by atoms with van der Waals surface area (Å²) in [6.07, 6.45) is 4.74. The van der Waals surface area contributed by atoms with Crippen molar-refractivity contribution in [2.24, 2.45) is 0 Å². The normalized spacial score (nSPS) is 11.3. The Morgan fingerprint density at radius 3 is 1.52 bits per heavy atom. The maximum Gasteiger partial charge on any atom is 0.331 e. The quantitative estimate of drug-likeness (QED) is 0.209. The summed E-state index contributed by atoms with van der Waals surface area (Å²) in [4.78, 5) is 82.3. The van der Waals surface area contributed by atoms with Gasteiger partial charge in [-0.25, -0.2) is 9.59 Å². The van der Waals surface area contributed by atoms with Crippen LogP contribution in [0.5, 0.6) is 23.0 Å². The molecule has 14 heteroatoms. The van der Waals surface area contributed by atoms with Gasteiger partial charge in [-0.05, 0) is 47.5 Å². The van der Waals surface area contributed by atoms with E-state index in [9.17, 15) is 33.6 Å². The first-order valence-corrected chi connectivity index (χ1v) is 12.7. The lowest BCUT2D eigenvalue weighted by Crippen LogP contribution is -2.44. The van der Waals surface area contributed by atoms with Gasteiger partial charge in [0.1, 0.15) is 6.61 Å². The zero-order valence-electron chi connectivity index (χ0n) is 24.4. The number of nitrogens with one attached hydrogen (secondary N) is 1. The molecule has 0 fully saturated rings. The molecule has 1 amide bonds. The second kappa shape index (κ2) is 16.6. The highest BCUT2D eigenvalue weighted by atomic mass is 16.6. The van der Waals surface area contributed by atoms with Crippen molar-refractivity contribution >= 4 is 53.9 Å².